The smallest absolute Gasteiger partial charge is 0.342 e. The highest BCUT2D eigenvalue weighted by Crippen LogP contribution is 2.31. The van der Waals surface area contributed by atoms with Crippen LogP contribution in [0.5, 0.6) is 0 Å². The minimum atomic E-state index is -4.36. The predicted octanol–water partition coefficient (Wildman–Crippen LogP) is 2.83. The highest BCUT2D eigenvalue weighted by atomic mass is 19.4. The number of pyridine rings is 1. The van der Waals surface area contributed by atoms with Crippen LogP contribution in [0.25, 0.3) is 0 Å². The lowest BCUT2D eigenvalue weighted by Crippen LogP contribution is -2.37. The summed E-state index contributed by atoms with van der Waals surface area (Å²) in [5, 5.41) is 0. The van der Waals surface area contributed by atoms with E-state index in [9.17, 15) is 18.0 Å². The van der Waals surface area contributed by atoms with Gasteiger partial charge in [-0.2, -0.15) is 13.2 Å². The molecule has 2 rings (SSSR count). The zero-order chi connectivity index (χ0) is 14.0. The molecule has 0 aliphatic carbocycles. The molecule has 0 saturated carbocycles. The molecule has 1 atom stereocenters. The van der Waals surface area contributed by atoms with Crippen LogP contribution >= 0.6 is 0 Å². The van der Waals surface area contributed by atoms with Crippen molar-refractivity contribution in [2.45, 2.75) is 31.9 Å². The van der Waals surface area contributed by atoms with Crippen molar-refractivity contribution in [2.24, 2.45) is 0 Å². The average molecular weight is 272 g/mol. The molecule has 2 heterocycles. The van der Waals surface area contributed by atoms with Crippen LogP contribution in [0, 0.1) is 0 Å². The van der Waals surface area contributed by atoms with Gasteiger partial charge in [0, 0.05) is 37.8 Å². The summed E-state index contributed by atoms with van der Waals surface area (Å²) < 4.78 is 37.3. The first-order valence-electron chi connectivity index (χ1n) is 6.16. The number of carbonyl (C=O) groups excluding carboxylic acids is 1. The van der Waals surface area contributed by atoms with Crippen LogP contribution in [0.15, 0.2) is 18.3 Å². The number of nitrogens with zero attached hydrogens (tertiary/aromatic N) is 2. The summed E-state index contributed by atoms with van der Waals surface area (Å²) in [6.07, 6.45) is -1.79. The number of hydrogen-bond acceptors (Lipinski definition) is 2. The number of halogens is 3. The Morgan fingerprint density at radius 3 is 2.68 bits per heavy atom. The van der Waals surface area contributed by atoms with Gasteiger partial charge in [-0.15, -0.1) is 0 Å². The van der Waals surface area contributed by atoms with Crippen LogP contribution in [-0.4, -0.2) is 28.9 Å². The van der Waals surface area contributed by atoms with Gasteiger partial charge in [0.15, 0.2) is 0 Å². The Morgan fingerprint density at radius 2 is 2.16 bits per heavy atom. The molecule has 1 saturated heterocycles. The van der Waals surface area contributed by atoms with Gasteiger partial charge in [0.1, 0.15) is 0 Å². The second kappa shape index (κ2) is 5.19. The zero-order valence-corrected chi connectivity index (χ0v) is 10.6. The summed E-state index contributed by atoms with van der Waals surface area (Å²) in [6.45, 7) is 2.75. The Kier molecular flexibility index (Phi) is 3.78. The highest BCUT2D eigenvalue weighted by Gasteiger charge is 2.31. The summed E-state index contributed by atoms with van der Waals surface area (Å²) in [6, 6.07) is 2.46. The maximum absolute atomic E-state index is 12.4. The SMILES string of the molecule is CC(=O)N1CCCC(c2ccc(C(F)(F)F)cn2)C1. The van der Waals surface area contributed by atoms with Crippen molar-refractivity contribution in [3.63, 3.8) is 0 Å². The van der Waals surface area contributed by atoms with E-state index in [1.165, 1.54) is 13.0 Å². The molecule has 104 valence electrons. The molecule has 0 spiro atoms. The van der Waals surface area contributed by atoms with Gasteiger partial charge in [0.2, 0.25) is 5.91 Å². The van der Waals surface area contributed by atoms with Gasteiger partial charge in [-0.25, -0.2) is 0 Å². The molecule has 1 amide bonds. The van der Waals surface area contributed by atoms with E-state index >= 15 is 0 Å². The fourth-order valence-corrected chi connectivity index (χ4v) is 2.32. The molecule has 0 aromatic carbocycles. The summed E-state index contributed by atoms with van der Waals surface area (Å²) >= 11 is 0. The van der Waals surface area contributed by atoms with Gasteiger partial charge in [-0.3, -0.25) is 9.78 Å². The number of hydrogen-bond donors (Lipinski definition) is 0. The fourth-order valence-electron chi connectivity index (χ4n) is 2.32. The number of alkyl halides is 3. The number of aromatic nitrogens is 1. The monoisotopic (exact) mass is 272 g/mol. The molecular formula is C13H15F3N2O. The van der Waals surface area contributed by atoms with E-state index in [4.69, 9.17) is 0 Å². The summed E-state index contributed by atoms with van der Waals surface area (Å²) in [5.74, 6) is 0.0246. The largest absolute Gasteiger partial charge is 0.417 e. The normalized spacial score (nSPS) is 20.4. The Hall–Kier alpha value is -1.59. The first-order valence-corrected chi connectivity index (χ1v) is 6.16. The highest BCUT2D eigenvalue weighted by molar-refractivity contribution is 5.73. The van der Waals surface area contributed by atoms with E-state index in [2.05, 4.69) is 4.98 Å². The molecule has 1 aliphatic rings. The minimum Gasteiger partial charge on any atom is -0.342 e. The first-order chi connectivity index (χ1) is 8.88. The predicted molar refractivity (Wildman–Crippen MR) is 63.5 cm³/mol. The number of likely N-dealkylation sites (tertiary alicyclic amines) is 1. The van der Waals surface area contributed by atoms with E-state index in [0.717, 1.165) is 25.1 Å². The lowest BCUT2D eigenvalue weighted by atomic mass is 9.94. The van der Waals surface area contributed by atoms with E-state index in [-0.39, 0.29) is 11.8 Å². The second-order valence-corrected chi connectivity index (χ2v) is 4.77. The van der Waals surface area contributed by atoms with Gasteiger partial charge in [-0.05, 0) is 25.0 Å². The van der Waals surface area contributed by atoms with E-state index in [1.54, 1.807) is 4.90 Å². The third-order valence-corrected chi connectivity index (χ3v) is 3.40. The second-order valence-electron chi connectivity index (χ2n) is 4.77. The summed E-state index contributed by atoms with van der Waals surface area (Å²) in [7, 11) is 0. The fraction of sp³-hybridized carbons (Fsp3) is 0.538. The maximum atomic E-state index is 12.4. The Balaban J connectivity index is 2.12. The molecule has 19 heavy (non-hydrogen) atoms. The number of amides is 1. The quantitative estimate of drug-likeness (QED) is 0.787. The van der Waals surface area contributed by atoms with E-state index < -0.39 is 11.7 Å². The lowest BCUT2D eigenvalue weighted by molar-refractivity contribution is -0.137. The van der Waals surface area contributed by atoms with Crippen LogP contribution in [0.3, 0.4) is 0 Å². The van der Waals surface area contributed by atoms with Crippen LogP contribution in [0.1, 0.15) is 36.9 Å². The first kappa shape index (κ1) is 13.8. The third kappa shape index (κ3) is 3.24. The van der Waals surface area contributed by atoms with Gasteiger partial charge in [0.25, 0.3) is 0 Å². The maximum Gasteiger partial charge on any atom is 0.417 e. The lowest BCUT2D eigenvalue weighted by Gasteiger charge is -2.31. The van der Waals surface area contributed by atoms with Crippen molar-refractivity contribution in [2.75, 3.05) is 13.1 Å². The molecule has 1 aromatic rings. The molecular weight excluding hydrogens is 257 g/mol. The van der Waals surface area contributed by atoms with Gasteiger partial charge < -0.3 is 4.90 Å². The van der Waals surface area contributed by atoms with Crippen LogP contribution in [-0.2, 0) is 11.0 Å². The number of carbonyl (C=O) groups is 1. The molecule has 1 aliphatic heterocycles. The van der Waals surface area contributed by atoms with E-state index in [0.29, 0.717) is 18.8 Å². The zero-order valence-electron chi connectivity index (χ0n) is 10.6. The number of rotatable bonds is 1. The molecule has 1 fully saturated rings. The molecule has 0 radical (unpaired) electrons. The van der Waals surface area contributed by atoms with E-state index in [1.807, 2.05) is 0 Å². The Labute approximate surface area is 109 Å². The van der Waals surface area contributed by atoms with Crippen molar-refractivity contribution < 1.29 is 18.0 Å². The molecule has 0 N–H and O–H groups in total. The van der Waals surface area contributed by atoms with Crippen molar-refractivity contribution in [1.29, 1.82) is 0 Å². The van der Waals surface area contributed by atoms with Gasteiger partial charge in [0.05, 0.1) is 5.56 Å². The summed E-state index contributed by atoms with van der Waals surface area (Å²) in [5.41, 5.74) is -0.116. The Bertz CT molecular complexity index is 456. The molecule has 3 nitrogen and oxygen atoms in total. The van der Waals surface area contributed by atoms with Gasteiger partial charge in [-0.1, -0.05) is 0 Å². The van der Waals surface area contributed by atoms with Crippen LogP contribution < -0.4 is 0 Å². The number of piperidine rings is 1. The Morgan fingerprint density at radius 1 is 1.42 bits per heavy atom. The van der Waals surface area contributed by atoms with Gasteiger partial charge >= 0.3 is 6.18 Å². The molecule has 6 heteroatoms. The van der Waals surface area contributed by atoms with Crippen molar-refractivity contribution in [3.8, 4) is 0 Å². The summed E-state index contributed by atoms with van der Waals surface area (Å²) in [4.78, 5) is 16.9. The van der Waals surface area contributed by atoms with Crippen molar-refractivity contribution in [1.82, 2.24) is 9.88 Å². The van der Waals surface area contributed by atoms with Crippen molar-refractivity contribution in [3.05, 3.63) is 29.6 Å². The molecule has 0 bridgehead atoms. The van der Waals surface area contributed by atoms with Crippen LogP contribution in [0.2, 0.25) is 0 Å². The topological polar surface area (TPSA) is 33.2 Å². The average Bonchev–Trinajstić information content (AvgIpc) is 2.38. The van der Waals surface area contributed by atoms with Crippen molar-refractivity contribution >= 4 is 5.91 Å². The standard InChI is InChI=1S/C13H15F3N2O/c1-9(19)18-6-2-3-10(8-18)12-5-4-11(7-17-12)13(14,15)16/h4-5,7,10H,2-3,6,8H2,1H3. The molecule has 1 aromatic heterocycles. The van der Waals surface area contributed by atoms with Crippen LogP contribution in [0.4, 0.5) is 13.2 Å². The molecule has 1 unspecified atom stereocenters. The minimum absolute atomic E-state index is 0.00314. The third-order valence-electron chi connectivity index (χ3n) is 3.40.